The van der Waals surface area contributed by atoms with E-state index in [4.69, 9.17) is 9.47 Å². The molecule has 3 aromatic rings. The van der Waals surface area contributed by atoms with E-state index >= 15 is 0 Å². The van der Waals surface area contributed by atoms with E-state index in [0.29, 0.717) is 12.0 Å². The Morgan fingerprint density at radius 3 is 2.71 bits per heavy atom. The van der Waals surface area contributed by atoms with Crippen LogP contribution in [0, 0.1) is 0 Å². The summed E-state index contributed by atoms with van der Waals surface area (Å²) in [5.74, 6) is 1.41. The summed E-state index contributed by atoms with van der Waals surface area (Å²) in [4.78, 5) is 12.5. The monoisotopic (exact) mass is 371 g/mol. The van der Waals surface area contributed by atoms with Crippen LogP contribution in [-0.2, 0) is 0 Å². The summed E-state index contributed by atoms with van der Waals surface area (Å²) in [6, 6.07) is 20.8. The first-order valence-corrected chi connectivity index (χ1v) is 9.16. The van der Waals surface area contributed by atoms with Crippen molar-refractivity contribution in [3.8, 4) is 22.6 Å². The van der Waals surface area contributed by atoms with Gasteiger partial charge in [-0.25, -0.2) is 0 Å². The first kappa shape index (κ1) is 17.9. The molecule has 0 spiro atoms. The third kappa shape index (κ3) is 3.25. The molecule has 4 heteroatoms. The Morgan fingerprint density at radius 2 is 1.96 bits per heavy atom. The third-order valence-electron chi connectivity index (χ3n) is 4.82. The molecule has 0 aromatic heterocycles. The molecule has 0 saturated heterocycles. The minimum Gasteiger partial charge on any atom is -0.496 e. The lowest BCUT2D eigenvalue weighted by atomic mass is 9.90. The van der Waals surface area contributed by atoms with Gasteiger partial charge >= 0.3 is 0 Å². The molecule has 0 bridgehead atoms. The van der Waals surface area contributed by atoms with Crippen molar-refractivity contribution in [3.63, 3.8) is 0 Å². The van der Waals surface area contributed by atoms with E-state index in [1.807, 2.05) is 60.7 Å². The van der Waals surface area contributed by atoms with Crippen molar-refractivity contribution in [2.45, 2.75) is 12.5 Å². The molecule has 4 nitrogen and oxygen atoms in total. The fraction of sp³-hybridized carbons (Fsp3) is 0.125. The molecule has 1 atom stereocenters. The van der Waals surface area contributed by atoms with E-state index in [1.54, 1.807) is 19.2 Å². The Morgan fingerprint density at radius 1 is 1.14 bits per heavy atom. The minimum absolute atomic E-state index is 0.143. The lowest BCUT2D eigenvalue weighted by molar-refractivity contribution is 0.102. The minimum atomic E-state index is -0.166. The van der Waals surface area contributed by atoms with Crippen molar-refractivity contribution in [1.82, 2.24) is 0 Å². The third-order valence-corrected chi connectivity index (χ3v) is 4.82. The number of anilines is 1. The molecule has 1 heterocycles. The number of carbonyl (C=O) groups is 1. The maximum absolute atomic E-state index is 12.5. The predicted octanol–water partition coefficient (Wildman–Crippen LogP) is 5.62. The maximum atomic E-state index is 12.5. The zero-order chi connectivity index (χ0) is 19.5. The Balaban J connectivity index is 1.74. The van der Waals surface area contributed by atoms with Gasteiger partial charge in [0.1, 0.15) is 17.6 Å². The van der Waals surface area contributed by atoms with Crippen molar-refractivity contribution < 1.29 is 14.3 Å². The van der Waals surface area contributed by atoms with Gasteiger partial charge in [0, 0.05) is 23.2 Å². The number of carbonyl (C=O) groups excluding carboxylic acids is 1. The normalized spacial score (nSPS) is 14.2. The summed E-state index contributed by atoms with van der Waals surface area (Å²) >= 11 is 0. The molecule has 1 amide bonds. The Labute approximate surface area is 164 Å². The van der Waals surface area contributed by atoms with Crippen LogP contribution in [-0.4, -0.2) is 13.0 Å². The topological polar surface area (TPSA) is 47.6 Å². The molecular weight excluding hydrogens is 350 g/mol. The van der Waals surface area contributed by atoms with E-state index in [0.717, 1.165) is 33.9 Å². The lowest BCUT2D eigenvalue weighted by Gasteiger charge is -2.29. The standard InChI is InChI=1S/C24H21NO3/c1-3-8-20-19-15-17(25-24(26)16-9-5-4-6-10-16)13-14-18(19)23-21(27-2)11-7-12-22(23)28-20/h3-7,9-15,20H,1,8H2,2H3,(H,25,26). The second-order valence-corrected chi connectivity index (χ2v) is 6.59. The van der Waals surface area contributed by atoms with E-state index in [2.05, 4.69) is 11.9 Å². The second kappa shape index (κ2) is 7.61. The number of methoxy groups -OCH3 is 1. The average Bonchev–Trinajstić information content (AvgIpc) is 2.74. The summed E-state index contributed by atoms with van der Waals surface area (Å²) in [5, 5.41) is 2.97. The maximum Gasteiger partial charge on any atom is 0.255 e. The van der Waals surface area contributed by atoms with E-state index < -0.39 is 0 Å². The number of amides is 1. The van der Waals surface area contributed by atoms with Crippen molar-refractivity contribution >= 4 is 11.6 Å². The molecule has 28 heavy (non-hydrogen) atoms. The molecule has 140 valence electrons. The van der Waals surface area contributed by atoms with Crippen molar-refractivity contribution in [3.05, 3.63) is 90.5 Å². The highest BCUT2D eigenvalue weighted by Crippen LogP contribution is 2.48. The highest BCUT2D eigenvalue weighted by molar-refractivity contribution is 6.04. The number of nitrogens with one attached hydrogen (secondary N) is 1. The molecular formula is C24H21NO3. The lowest BCUT2D eigenvalue weighted by Crippen LogP contribution is -2.16. The van der Waals surface area contributed by atoms with E-state index in [1.165, 1.54) is 0 Å². The molecule has 3 aromatic carbocycles. The summed E-state index contributed by atoms with van der Waals surface area (Å²) < 4.78 is 11.8. The van der Waals surface area contributed by atoms with Crippen molar-refractivity contribution in [2.75, 3.05) is 12.4 Å². The van der Waals surface area contributed by atoms with Crippen LogP contribution in [0.15, 0.2) is 79.4 Å². The Kier molecular flexibility index (Phi) is 4.85. The fourth-order valence-electron chi connectivity index (χ4n) is 3.52. The molecule has 1 aliphatic heterocycles. The first-order valence-electron chi connectivity index (χ1n) is 9.16. The van der Waals surface area contributed by atoms with Crippen LogP contribution in [0.2, 0.25) is 0 Å². The van der Waals surface area contributed by atoms with Crippen LogP contribution in [0.4, 0.5) is 5.69 Å². The average molecular weight is 371 g/mol. The van der Waals surface area contributed by atoms with Crippen LogP contribution >= 0.6 is 0 Å². The predicted molar refractivity (Wildman–Crippen MR) is 111 cm³/mol. The van der Waals surface area contributed by atoms with Crippen LogP contribution in [0.25, 0.3) is 11.1 Å². The molecule has 1 aliphatic rings. The number of hydrogen-bond donors (Lipinski definition) is 1. The van der Waals surface area contributed by atoms with Crippen molar-refractivity contribution in [2.24, 2.45) is 0 Å². The molecule has 0 saturated carbocycles. The van der Waals surface area contributed by atoms with E-state index in [-0.39, 0.29) is 12.0 Å². The SMILES string of the molecule is C=CCC1Oc2cccc(OC)c2-c2ccc(NC(=O)c3ccccc3)cc21. The molecule has 1 N–H and O–H groups in total. The van der Waals surface area contributed by atoms with Gasteiger partial charge < -0.3 is 14.8 Å². The quantitative estimate of drug-likeness (QED) is 0.592. The second-order valence-electron chi connectivity index (χ2n) is 6.59. The Bertz CT molecular complexity index is 1030. The molecule has 0 radical (unpaired) electrons. The summed E-state index contributed by atoms with van der Waals surface area (Å²) in [5.41, 5.74) is 4.32. The van der Waals surface area contributed by atoms with Crippen LogP contribution in [0.1, 0.15) is 28.4 Å². The first-order chi connectivity index (χ1) is 13.7. The van der Waals surface area contributed by atoms with Crippen molar-refractivity contribution in [1.29, 1.82) is 0 Å². The van der Waals surface area contributed by atoms with Crippen LogP contribution in [0.5, 0.6) is 11.5 Å². The zero-order valence-electron chi connectivity index (χ0n) is 15.6. The van der Waals surface area contributed by atoms with Gasteiger partial charge in [-0.1, -0.05) is 36.4 Å². The summed E-state index contributed by atoms with van der Waals surface area (Å²) in [7, 11) is 1.65. The van der Waals surface area contributed by atoms with Gasteiger partial charge in [-0.3, -0.25) is 4.79 Å². The molecule has 0 aliphatic carbocycles. The number of ether oxygens (including phenoxy) is 2. The van der Waals surface area contributed by atoms with Gasteiger partial charge in [0.15, 0.2) is 0 Å². The Hall–Kier alpha value is -3.53. The number of fused-ring (bicyclic) bond motifs is 3. The van der Waals surface area contributed by atoms with Gasteiger partial charge in [0.25, 0.3) is 5.91 Å². The number of hydrogen-bond acceptors (Lipinski definition) is 3. The molecule has 1 unspecified atom stereocenters. The van der Waals surface area contributed by atoms with Crippen LogP contribution in [0.3, 0.4) is 0 Å². The van der Waals surface area contributed by atoms with Gasteiger partial charge in [-0.15, -0.1) is 6.58 Å². The molecule has 0 fully saturated rings. The largest absolute Gasteiger partial charge is 0.496 e. The highest BCUT2D eigenvalue weighted by Gasteiger charge is 2.28. The molecule has 4 rings (SSSR count). The van der Waals surface area contributed by atoms with E-state index in [9.17, 15) is 4.79 Å². The zero-order valence-corrected chi connectivity index (χ0v) is 15.6. The summed E-state index contributed by atoms with van der Waals surface area (Å²) in [6.45, 7) is 3.85. The van der Waals surface area contributed by atoms with Gasteiger partial charge in [-0.05, 0) is 42.0 Å². The highest BCUT2D eigenvalue weighted by atomic mass is 16.5. The summed E-state index contributed by atoms with van der Waals surface area (Å²) in [6.07, 6.45) is 2.34. The van der Waals surface area contributed by atoms with Gasteiger partial charge in [0.05, 0.1) is 12.7 Å². The smallest absolute Gasteiger partial charge is 0.255 e. The van der Waals surface area contributed by atoms with Crippen LogP contribution < -0.4 is 14.8 Å². The van der Waals surface area contributed by atoms with Gasteiger partial charge in [0.2, 0.25) is 0 Å². The fourth-order valence-corrected chi connectivity index (χ4v) is 3.52. The number of rotatable bonds is 5. The van der Waals surface area contributed by atoms with Gasteiger partial charge in [-0.2, -0.15) is 0 Å². The number of benzene rings is 3.